The van der Waals surface area contributed by atoms with Crippen LogP contribution >= 0.6 is 0 Å². The molecule has 0 aliphatic carbocycles. The third kappa shape index (κ3) is 10.3. The molecule has 0 unspecified atom stereocenters. The lowest BCUT2D eigenvalue weighted by molar-refractivity contribution is -0.123. The Labute approximate surface area is 105 Å². The molecular weight excluding hydrogens is 218 g/mol. The Morgan fingerprint density at radius 1 is 1.29 bits per heavy atom. The number of rotatable bonds is 11. The molecule has 0 aliphatic rings. The van der Waals surface area contributed by atoms with Crippen molar-refractivity contribution in [2.24, 2.45) is 0 Å². The first kappa shape index (κ1) is 16.4. The van der Waals surface area contributed by atoms with Gasteiger partial charge in [0.15, 0.2) is 0 Å². The summed E-state index contributed by atoms with van der Waals surface area (Å²) >= 11 is 0. The number of hydrogen-bond donors (Lipinski definition) is 2. The van der Waals surface area contributed by atoms with Gasteiger partial charge in [-0.2, -0.15) is 0 Å². The minimum atomic E-state index is -0.435. The fourth-order valence-electron chi connectivity index (χ4n) is 1.63. The molecule has 17 heavy (non-hydrogen) atoms. The third-order valence-electron chi connectivity index (χ3n) is 2.73. The van der Waals surface area contributed by atoms with Crippen molar-refractivity contribution in [2.45, 2.75) is 58.5 Å². The fraction of sp³-hybridized carbons (Fsp3) is 0.923. The van der Waals surface area contributed by atoms with Gasteiger partial charge in [0.1, 0.15) is 6.61 Å². The monoisotopic (exact) mass is 245 g/mol. The molecule has 0 saturated heterocycles. The third-order valence-corrected chi connectivity index (χ3v) is 2.73. The van der Waals surface area contributed by atoms with Gasteiger partial charge in [-0.15, -0.1) is 0 Å². The van der Waals surface area contributed by atoms with Gasteiger partial charge >= 0.3 is 0 Å². The van der Waals surface area contributed by atoms with E-state index in [0.717, 1.165) is 19.3 Å². The molecule has 1 atom stereocenters. The van der Waals surface area contributed by atoms with Gasteiger partial charge in [-0.3, -0.25) is 4.79 Å². The second-order valence-electron chi connectivity index (χ2n) is 4.26. The van der Waals surface area contributed by atoms with Crippen LogP contribution in [-0.4, -0.2) is 36.9 Å². The number of aliphatic hydroxyl groups is 1. The van der Waals surface area contributed by atoms with E-state index in [1.54, 1.807) is 0 Å². The molecule has 1 amide bonds. The van der Waals surface area contributed by atoms with E-state index in [2.05, 4.69) is 19.2 Å². The van der Waals surface area contributed by atoms with Crippen molar-refractivity contribution in [1.82, 2.24) is 5.32 Å². The number of carbonyl (C=O) groups is 1. The highest BCUT2D eigenvalue weighted by molar-refractivity contribution is 5.76. The van der Waals surface area contributed by atoms with Crippen LogP contribution in [0.4, 0.5) is 0 Å². The molecule has 102 valence electrons. The maximum absolute atomic E-state index is 10.7. The molecule has 0 rings (SSSR count). The number of amides is 1. The van der Waals surface area contributed by atoms with Crippen LogP contribution in [0.5, 0.6) is 0 Å². The van der Waals surface area contributed by atoms with Crippen LogP contribution in [0.1, 0.15) is 52.4 Å². The van der Waals surface area contributed by atoms with Gasteiger partial charge in [-0.1, -0.05) is 33.1 Å². The largest absolute Gasteiger partial charge is 0.387 e. The van der Waals surface area contributed by atoms with Crippen LogP contribution in [0.15, 0.2) is 0 Å². The highest BCUT2D eigenvalue weighted by Gasteiger charge is 2.05. The first-order valence-corrected chi connectivity index (χ1v) is 6.73. The smallest absolute Gasteiger partial charge is 0.245 e. The molecule has 0 spiro atoms. The normalized spacial score (nSPS) is 12.4. The van der Waals surface area contributed by atoms with E-state index in [4.69, 9.17) is 9.84 Å². The fourth-order valence-corrected chi connectivity index (χ4v) is 1.63. The topological polar surface area (TPSA) is 58.6 Å². The molecule has 0 aromatic heterocycles. The van der Waals surface area contributed by atoms with Crippen LogP contribution < -0.4 is 5.32 Å². The summed E-state index contributed by atoms with van der Waals surface area (Å²) in [6, 6.07) is 0. The van der Waals surface area contributed by atoms with Crippen molar-refractivity contribution >= 4 is 5.91 Å². The molecule has 0 heterocycles. The molecular formula is C13H27NO3. The summed E-state index contributed by atoms with van der Waals surface area (Å²) in [5, 5.41) is 11.1. The average molecular weight is 245 g/mol. The summed E-state index contributed by atoms with van der Waals surface area (Å²) in [6.45, 7) is 5.16. The number of unbranched alkanes of at least 4 members (excludes halogenated alkanes) is 2. The Kier molecular flexibility index (Phi) is 11.4. The maximum atomic E-state index is 10.7. The molecule has 0 aliphatic heterocycles. The van der Waals surface area contributed by atoms with Gasteiger partial charge in [0.05, 0.1) is 6.10 Å². The van der Waals surface area contributed by atoms with Gasteiger partial charge in [0.25, 0.3) is 0 Å². The molecule has 0 aromatic carbocycles. The Bertz CT molecular complexity index is 186. The van der Waals surface area contributed by atoms with E-state index in [-0.39, 0.29) is 5.91 Å². The van der Waals surface area contributed by atoms with Gasteiger partial charge in [-0.25, -0.2) is 0 Å². The van der Waals surface area contributed by atoms with Crippen molar-refractivity contribution < 1.29 is 14.6 Å². The number of nitrogens with one attached hydrogen (secondary N) is 1. The van der Waals surface area contributed by atoms with Crippen LogP contribution in [0.25, 0.3) is 0 Å². The molecule has 0 fully saturated rings. The van der Waals surface area contributed by atoms with Gasteiger partial charge in [0.2, 0.25) is 5.91 Å². The van der Waals surface area contributed by atoms with Crippen LogP contribution in [0, 0.1) is 0 Å². The van der Waals surface area contributed by atoms with Crippen LogP contribution in [0.3, 0.4) is 0 Å². The lowest BCUT2D eigenvalue weighted by Gasteiger charge is -2.15. The minimum Gasteiger partial charge on any atom is -0.387 e. The van der Waals surface area contributed by atoms with E-state index in [1.165, 1.54) is 19.3 Å². The summed E-state index contributed by atoms with van der Waals surface area (Å²) < 4.78 is 5.74. The Morgan fingerprint density at radius 3 is 2.65 bits per heavy atom. The minimum absolute atomic E-state index is 0.319. The summed E-state index contributed by atoms with van der Waals surface area (Å²) in [4.78, 5) is 10.7. The van der Waals surface area contributed by atoms with Crippen molar-refractivity contribution in [2.75, 3.05) is 19.8 Å². The predicted octanol–water partition coefficient (Wildman–Crippen LogP) is 1.86. The van der Waals surface area contributed by atoms with Crippen LogP contribution in [0.2, 0.25) is 0 Å². The van der Waals surface area contributed by atoms with E-state index in [9.17, 15) is 4.79 Å². The highest BCUT2D eigenvalue weighted by atomic mass is 16.5. The zero-order valence-electron chi connectivity index (χ0n) is 11.2. The van der Waals surface area contributed by atoms with E-state index in [1.807, 2.05) is 0 Å². The van der Waals surface area contributed by atoms with Crippen molar-refractivity contribution in [3.8, 4) is 0 Å². The molecule has 0 aromatic rings. The Balaban J connectivity index is 3.39. The maximum Gasteiger partial charge on any atom is 0.245 e. The predicted molar refractivity (Wildman–Crippen MR) is 68.9 cm³/mol. The van der Waals surface area contributed by atoms with E-state index >= 15 is 0 Å². The van der Waals surface area contributed by atoms with Crippen molar-refractivity contribution in [1.29, 1.82) is 0 Å². The SMILES string of the molecule is CCCCC[C@H](CC)OCCCNC(=O)CO. The zero-order chi connectivity index (χ0) is 12.9. The number of carbonyl (C=O) groups excluding carboxylic acids is 1. The average Bonchev–Trinajstić information content (AvgIpc) is 2.36. The number of aliphatic hydroxyl groups excluding tert-OH is 1. The zero-order valence-corrected chi connectivity index (χ0v) is 11.2. The first-order chi connectivity index (χ1) is 8.24. The summed E-state index contributed by atoms with van der Waals surface area (Å²) in [6.07, 6.45) is 7.08. The molecule has 0 bridgehead atoms. The quantitative estimate of drug-likeness (QED) is 0.546. The second-order valence-corrected chi connectivity index (χ2v) is 4.26. The summed E-state index contributed by atoms with van der Waals surface area (Å²) in [5.74, 6) is -0.319. The van der Waals surface area contributed by atoms with E-state index < -0.39 is 6.61 Å². The molecule has 4 heteroatoms. The van der Waals surface area contributed by atoms with Crippen molar-refractivity contribution in [3.63, 3.8) is 0 Å². The molecule has 4 nitrogen and oxygen atoms in total. The van der Waals surface area contributed by atoms with Gasteiger partial charge < -0.3 is 15.2 Å². The number of ether oxygens (including phenoxy) is 1. The Hall–Kier alpha value is -0.610. The lowest BCUT2D eigenvalue weighted by atomic mass is 10.1. The first-order valence-electron chi connectivity index (χ1n) is 6.73. The second kappa shape index (κ2) is 11.9. The lowest BCUT2D eigenvalue weighted by Crippen LogP contribution is -2.28. The van der Waals surface area contributed by atoms with Crippen LogP contribution in [-0.2, 0) is 9.53 Å². The van der Waals surface area contributed by atoms with E-state index in [0.29, 0.717) is 19.3 Å². The highest BCUT2D eigenvalue weighted by Crippen LogP contribution is 2.10. The summed E-state index contributed by atoms with van der Waals surface area (Å²) in [5.41, 5.74) is 0. The molecule has 0 saturated carbocycles. The van der Waals surface area contributed by atoms with Gasteiger partial charge in [-0.05, 0) is 19.3 Å². The Morgan fingerprint density at radius 2 is 2.06 bits per heavy atom. The molecule has 2 N–H and O–H groups in total. The number of hydrogen-bond acceptors (Lipinski definition) is 3. The molecule has 0 radical (unpaired) electrons. The van der Waals surface area contributed by atoms with Gasteiger partial charge in [0, 0.05) is 13.2 Å². The standard InChI is InChI=1S/C13H27NO3/c1-3-5-6-8-12(4-2)17-10-7-9-14-13(16)11-15/h12,15H,3-11H2,1-2H3,(H,14,16)/t12-/m0/s1. The van der Waals surface area contributed by atoms with Crippen molar-refractivity contribution in [3.05, 3.63) is 0 Å². The summed E-state index contributed by atoms with van der Waals surface area (Å²) in [7, 11) is 0.